The Bertz CT molecular complexity index is 2650. The highest BCUT2D eigenvalue weighted by atomic mass is 16.5. The summed E-state index contributed by atoms with van der Waals surface area (Å²) >= 11 is 0. The summed E-state index contributed by atoms with van der Waals surface area (Å²) in [7, 11) is 2.59. The number of carbonyl (C=O) groups excluding carboxylic acids is 4. The Morgan fingerprint density at radius 1 is 0.778 bits per heavy atom. The van der Waals surface area contributed by atoms with Gasteiger partial charge in [0.05, 0.1) is 50.1 Å². The van der Waals surface area contributed by atoms with Crippen molar-refractivity contribution in [3.63, 3.8) is 0 Å². The number of carbonyl (C=O) groups is 4. The van der Waals surface area contributed by atoms with E-state index in [9.17, 15) is 19.2 Å². The molecule has 2 aromatic heterocycles. The fourth-order valence-corrected chi connectivity index (χ4v) is 9.42. The zero-order valence-electron chi connectivity index (χ0n) is 35.9. The Morgan fingerprint density at radius 3 is 2.06 bits per heavy atom. The van der Waals surface area contributed by atoms with E-state index in [4.69, 9.17) is 24.2 Å². The second-order valence-electron chi connectivity index (χ2n) is 16.9. The molecule has 0 spiro atoms. The number of aromatic nitrogens is 4. The number of H-pyrrole nitrogens is 2. The molecular weight excluding hydrogens is 801 g/mol. The van der Waals surface area contributed by atoms with Crippen molar-refractivity contribution in [2.45, 2.75) is 83.1 Å². The van der Waals surface area contributed by atoms with Gasteiger partial charge in [-0.15, -0.1) is 0 Å². The number of hydrogen-bond acceptors (Lipinski definition) is 9. The fraction of sp³-hybridized carbons (Fsp3) is 0.375. The van der Waals surface area contributed by atoms with E-state index in [1.54, 1.807) is 0 Å². The second kappa shape index (κ2) is 17.5. The predicted molar refractivity (Wildman–Crippen MR) is 236 cm³/mol. The van der Waals surface area contributed by atoms with Crippen molar-refractivity contribution in [1.82, 2.24) is 40.4 Å². The van der Waals surface area contributed by atoms with Crippen LogP contribution in [-0.2, 0) is 25.7 Å². The van der Waals surface area contributed by atoms with E-state index < -0.39 is 24.3 Å². The first-order valence-corrected chi connectivity index (χ1v) is 21.7. The zero-order chi connectivity index (χ0) is 43.8. The van der Waals surface area contributed by atoms with Crippen LogP contribution in [0.15, 0.2) is 84.7 Å². The van der Waals surface area contributed by atoms with Crippen LogP contribution in [0.1, 0.15) is 81.7 Å². The number of benzene rings is 3. The molecule has 4 aliphatic rings. The van der Waals surface area contributed by atoms with E-state index in [0.29, 0.717) is 31.3 Å². The lowest BCUT2D eigenvalue weighted by Gasteiger charge is -2.30. The van der Waals surface area contributed by atoms with Crippen LogP contribution < -0.4 is 15.4 Å². The Labute approximate surface area is 365 Å². The van der Waals surface area contributed by atoms with Crippen molar-refractivity contribution in [2.24, 2.45) is 5.92 Å². The van der Waals surface area contributed by atoms with Crippen LogP contribution in [0.4, 0.5) is 9.59 Å². The lowest BCUT2D eigenvalue weighted by Crippen LogP contribution is -2.51. The average molecular weight is 853 g/mol. The van der Waals surface area contributed by atoms with Gasteiger partial charge in [-0.2, -0.15) is 0 Å². The molecule has 3 aliphatic heterocycles. The molecule has 4 amide bonds. The number of rotatable bonds is 10. The molecule has 2 saturated heterocycles. The van der Waals surface area contributed by atoms with E-state index in [1.807, 2.05) is 54.3 Å². The molecule has 0 unspecified atom stereocenters. The molecule has 4 N–H and O–H groups in total. The Morgan fingerprint density at radius 2 is 1.41 bits per heavy atom. The van der Waals surface area contributed by atoms with Gasteiger partial charge in [0.1, 0.15) is 36.1 Å². The number of allylic oxidation sites excluding steroid dienone is 2. The molecule has 9 rings (SSSR count). The Balaban J connectivity index is 0.911. The van der Waals surface area contributed by atoms with Gasteiger partial charge in [0.25, 0.3) is 5.91 Å². The molecule has 0 bridgehead atoms. The Hall–Kier alpha value is -6.90. The largest absolute Gasteiger partial charge is 0.488 e. The van der Waals surface area contributed by atoms with Gasteiger partial charge in [-0.05, 0) is 90.3 Å². The molecule has 1 aliphatic carbocycles. The second-order valence-corrected chi connectivity index (χ2v) is 16.9. The third kappa shape index (κ3) is 8.03. The standard InChI is InChI=1S/C48H52N8O7/c1-27(2)40(53-47(59)61-3)45(57)55-20-8-12-38(55)43-50-25-37(52-43)31-15-17-33-32(23-31)26-63-42-34-18-16-30(22-29(34)14-19-35(33)42)36-24-49-44(51-36)39-13-9-21-56(39)46(58)41(54-48(60)62-4)28-10-6-5-7-11-28/h6,10-11,14-19,22-25,27,38-41H,5,7-9,12-13,20-21,26H2,1-4H3,(H,49,51)(H,50,52)(H,53,59)(H,54,60)/t38-,39-,40-,41+/m0/s1. The third-order valence-electron chi connectivity index (χ3n) is 12.7. The normalized spacial score (nSPS) is 18.9. The number of amides is 4. The first kappa shape index (κ1) is 41.5. The van der Waals surface area contributed by atoms with Gasteiger partial charge in [0.2, 0.25) is 5.91 Å². The van der Waals surface area contributed by atoms with Crippen LogP contribution in [0.3, 0.4) is 0 Å². The number of imidazole rings is 2. The van der Waals surface area contributed by atoms with E-state index in [-0.39, 0.29) is 29.8 Å². The van der Waals surface area contributed by atoms with Gasteiger partial charge >= 0.3 is 12.2 Å². The highest BCUT2D eigenvalue weighted by Crippen LogP contribution is 2.44. The Kier molecular flexibility index (Phi) is 11.5. The number of ether oxygens (including phenoxy) is 3. The van der Waals surface area contributed by atoms with Gasteiger partial charge in [0, 0.05) is 29.6 Å². The van der Waals surface area contributed by atoms with Gasteiger partial charge in [-0.1, -0.05) is 62.4 Å². The van der Waals surface area contributed by atoms with Gasteiger partial charge < -0.3 is 44.6 Å². The number of nitrogens with one attached hydrogen (secondary N) is 4. The molecule has 0 saturated carbocycles. The van der Waals surface area contributed by atoms with Crippen molar-refractivity contribution >= 4 is 34.8 Å². The summed E-state index contributed by atoms with van der Waals surface area (Å²) in [6.45, 7) is 5.35. The SMILES string of the molecule is COC(=O)N[C@@H](C(=O)N1CCC[C@H]1c1ncc(-c2ccc3c4c(ccc3c2)-c2ccc(-c3cnc([C@@H]5CCCN5C(=O)[C@@H](NC(=O)OC)C(C)C)[nH]3)cc2CO4)[nH]1)C1=CCCC=C1. The summed E-state index contributed by atoms with van der Waals surface area (Å²) in [5, 5.41) is 7.49. The van der Waals surface area contributed by atoms with Gasteiger partial charge in [-0.3, -0.25) is 9.59 Å². The molecule has 15 heteroatoms. The minimum atomic E-state index is -0.840. The smallest absolute Gasteiger partial charge is 0.407 e. The maximum atomic E-state index is 14.0. The highest BCUT2D eigenvalue weighted by Gasteiger charge is 2.39. The maximum Gasteiger partial charge on any atom is 0.407 e. The molecule has 63 heavy (non-hydrogen) atoms. The first-order valence-electron chi connectivity index (χ1n) is 21.7. The quantitative estimate of drug-likeness (QED) is 0.109. The predicted octanol–water partition coefficient (Wildman–Crippen LogP) is 7.89. The van der Waals surface area contributed by atoms with Crippen LogP contribution in [0, 0.1) is 5.92 Å². The summed E-state index contributed by atoms with van der Waals surface area (Å²) in [6, 6.07) is 14.8. The molecule has 0 radical (unpaired) electrons. The molecule has 5 aromatic rings. The third-order valence-corrected chi connectivity index (χ3v) is 12.7. The van der Waals surface area contributed by atoms with Crippen LogP contribution in [0.5, 0.6) is 5.75 Å². The van der Waals surface area contributed by atoms with E-state index in [0.717, 1.165) is 99.8 Å². The summed E-state index contributed by atoms with van der Waals surface area (Å²) in [6.07, 6.45) is 13.2. The summed E-state index contributed by atoms with van der Waals surface area (Å²) < 4.78 is 16.1. The van der Waals surface area contributed by atoms with Crippen molar-refractivity contribution < 1.29 is 33.4 Å². The van der Waals surface area contributed by atoms with Crippen LogP contribution in [0.2, 0.25) is 0 Å². The summed E-state index contributed by atoms with van der Waals surface area (Å²) in [5.41, 5.74) is 7.55. The molecule has 4 atom stereocenters. The lowest BCUT2D eigenvalue weighted by molar-refractivity contribution is -0.135. The number of fused-ring (bicyclic) bond motifs is 5. The maximum absolute atomic E-state index is 14.0. The number of methoxy groups -OCH3 is 2. The molecule has 326 valence electrons. The zero-order valence-corrected chi connectivity index (χ0v) is 35.9. The van der Waals surface area contributed by atoms with Crippen LogP contribution >= 0.6 is 0 Å². The number of nitrogens with zero attached hydrogens (tertiary/aromatic N) is 4. The van der Waals surface area contributed by atoms with Gasteiger partial charge in [-0.25, -0.2) is 19.6 Å². The van der Waals surface area contributed by atoms with Crippen LogP contribution in [0.25, 0.3) is 44.4 Å². The van der Waals surface area contributed by atoms with E-state index in [2.05, 4.69) is 69.1 Å². The molecule has 3 aromatic carbocycles. The summed E-state index contributed by atoms with van der Waals surface area (Å²) in [5.74, 6) is 1.81. The fourth-order valence-electron chi connectivity index (χ4n) is 9.42. The highest BCUT2D eigenvalue weighted by molar-refractivity contribution is 5.98. The average Bonchev–Trinajstić information content (AvgIpc) is 4.16. The molecule has 5 heterocycles. The number of aromatic amines is 2. The first-order chi connectivity index (χ1) is 30.6. The molecule has 15 nitrogen and oxygen atoms in total. The number of hydrogen-bond donors (Lipinski definition) is 4. The summed E-state index contributed by atoms with van der Waals surface area (Å²) in [4.78, 5) is 72.1. The van der Waals surface area contributed by atoms with E-state index in [1.165, 1.54) is 14.2 Å². The lowest BCUT2D eigenvalue weighted by atomic mass is 9.92. The van der Waals surface area contributed by atoms with Crippen LogP contribution in [-0.4, -0.2) is 93.1 Å². The van der Waals surface area contributed by atoms with E-state index >= 15 is 0 Å². The van der Waals surface area contributed by atoms with Crippen molar-refractivity contribution in [1.29, 1.82) is 0 Å². The minimum absolute atomic E-state index is 0.115. The minimum Gasteiger partial charge on any atom is -0.488 e. The number of alkyl carbamates (subject to hydrolysis) is 2. The molecular formula is C48H52N8O7. The monoisotopic (exact) mass is 852 g/mol. The van der Waals surface area contributed by atoms with Crippen molar-refractivity contribution in [2.75, 3.05) is 27.3 Å². The van der Waals surface area contributed by atoms with Crippen molar-refractivity contribution in [3.05, 3.63) is 102 Å². The number of likely N-dealkylation sites (tertiary alicyclic amines) is 2. The topological polar surface area (TPSA) is 184 Å². The molecule has 2 fully saturated rings. The van der Waals surface area contributed by atoms with Gasteiger partial charge in [0.15, 0.2) is 0 Å². The van der Waals surface area contributed by atoms with Crippen molar-refractivity contribution in [3.8, 4) is 39.4 Å².